The zero-order valence-electron chi connectivity index (χ0n) is 16.3. The Morgan fingerprint density at radius 2 is 2.04 bits per heavy atom. The van der Waals surface area contributed by atoms with Crippen molar-refractivity contribution in [2.24, 2.45) is 5.92 Å². The smallest absolute Gasteiger partial charge is 0.264 e. The SMILES string of the molecule is Cc1nn(CC(C)C)c2sc(C(=O)N(C)CC(=O)Nc3ccccc3Br)cc12. The molecule has 0 bridgehead atoms. The molecule has 1 aromatic carbocycles. The van der Waals surface area contributed by atoms with Gasteiger partial charge < -0.3 is 10.2 Å². The number of anilines is 1. The fourth-order valence-electron chi connectivity index (χ4n) is 2.92. The van der Waals surface area contributed by atoms with E-state index >= 15 is 0 Å². The second kappa shape index (κ2) is 8.45. The molecule has 0 saturated heterocycles. The van der Waals surface area contributed by atoms with E-state index in [0.717, 1.165) is 26.9 Å². The molecular weight excluding hydrogens is 440 g/mol. The normalized spacial score (nSPS) is 11.2. The maximum Gasteiger partial charge on any atom is 0.264 e. The minimum Gasteiger partial charge on any atom is -0.332 e. The Morgan fingerprint density at radius 3 is 2.71 bits per heavy atom. The number of para-hydroxylation sites is 1. The maximum atomic E-state index is 12.8. The summed E-state index contributed by atoms with van der Waals surface area (Å²) in [6.07, 6.45) is 0. The number of carbonyl (C=O) groups is 2. The third-order valence-corrected chi connectivity index (χ3v) is 6.06. The molecule has 0 aliphatic carbocycles. The Kier molecular flexibility index (Phi) is 6.20. The lowest BCUT2D eigenvalue weighted by Gasteiger charge is -2.16. The van der Waals surface area contributed by atoms with Crippen LogP contribution in [0, 0.1) is 12.8 Å². The molecule has 0 aliphatic rings. The summed E-state index contributed by atoms with van der Waals surface area (Å²) in [5.41, 5.74) is 1.60. The van der Waals surface area contributed by atoms with Crippen molar-refractivity contribution >= 4 is 55.0 Å². The monoisotopic (exact) mass is 462 g/mol. The number of aromatic nitrogens is 2. The van der Waals surface area contributed by atoms with Gasteiger partial charge in [0.15, 0.2) is 0 Å². The van der Waals surface area contributed by atoms with Crippen LogP contribution in [0.3, 0.4) is 0 Å². The van der Waals surface area contributed by atoms with E-state index in [4.69, 9.17) is 0 Å². The van der Waals surface area contributed by atoms with E-state index in [0.29, 0.717) is 16.5 Å². The molecule has 3 rings (SSSR count). The maximum absolute atomic E-state index is 12.8. The third-order valence-electron chi connectivity index (χ3n) is 4.23. The first-order valence-electron chi connectivity index (χ1n) is 9.03. The molecule has 148 valence electrons. The largest absolute Gasteiger partial charge is 0.332 e. The van der Waals surface area contributed by atoms with Gasteiger partial charge in [-0.2, -0.15) is 5.10 Å². The van der Waals surface area contributed by atoms with E-state index in [2.05, 4.69) is 40.2 Å². The number of likely N-dealkylation sites (N-methyl/N-ethyl adjacent to an activating group) is 1. The van der Waals surface area contributed by atoms with Crippen LogP contribution in [0.5, 0.6) is 0 Å². The average Bonchev–Trinajstić information content (AvgIpc) is 3.17. The highest BCUT2D eigenvalue weighted by molar-refractivity contribution is 9.10. The van der Waals surface area contributed by atoms with Crippen molar-refractivity contribution in [3.05, 3.63) is 45.4 Å². The van der Waals surface area contributed by atoms with E-state index < -0.39 is 0 Å². The number of carbonyl (C=O) groups excluding carboxylic acids is 2. The second-order valence-corrected chi connectivity index (χ2v) is 9.07. The van der Waals surface area contributed by atoms with E-state index in [-0.39, 0.29) is 18.4 Å². The molecular formula is C20H23BrN4O2S. The van der Waals surface area contributed by atoms with Gasteiger partial charge in [0.1, 0.15) is 4.83 Å². The highest BCUT2D eigenvalue weighted by atomic mass is 79.9. The van der Waals surface area contributed by atoms with Gasteiger partial charge in [-0.15, -0.1) is 11.3 Å². The standard InChI is InChI=1S/C20H23BrN4O2S/c1-12(2)10-25-20-14(13(3)23-25)9-17(28-20)19(27)24(4)11-18(26)22-16-8-6-5-7-15(16)21/h5-9,12H,10-11H2,1-4H3,(H,22,26). The first-order valence-corrected chi connectivity index (χ1v) is 10.6. The van der Waals surface area contributed by atoms with Gasteiger partial charge in [0, 0.05) is 23.5 Å². The van der Waals surface area contributed by atoms with Crippen LogP contribution in [0.1, 0.15) is 29.2 Å². The first-order chi connectivity index (χ1) is 13.3. The Hall–Kier alpha value is -2.19. The summed E-state index contributed by atoms with van der Waals surface area (Å²) in [4.78, 5) is 28.2. The summed E-state index contributed by atoms with van der Waals surface area (Å²) >= 11 is 4.83. The summed E-state index contributed by atoms with van der Waals surface area (Å²) in [6, 6.07) is 9.25. The Balaban J connectivity index is 1.72. The van der Waals surface area contributed by atoms with Gasteiger partial charge in [-0.25, -0.2) is 0 Å². The number of thiophene rings is 1. The number of hydrogen-bond acceptors (Lipinski definition) is 4. The molecule has 6 nitrogen and oxygen atoms in total. The van der Waals surface area contributed by atoms with Gasteiger partial charge >= 0.3 is 0 Å². The Bertz CT molecular complexity index is 1020. The van der Waals surface area contributed by atoms with Gasteiger partial charge in [0.05, 0.1) is 22.8 Å². The predicted molar refractivity (Wildman–Crippen MR) is 117 cm³/mol. The van der Waals surface area contributed by atoms with Crippen molar-refractivity contribution < 1.29 is 9.59 Å². The van der Waals surface area contributed by atoms with Crippen molar-refractivity contribution in [3.8, 4) is 0 Å². The first kappa shape index (κ1) is 20.5. The number of aryl methyl sites for hydroxylation is 1. The molecule has 0 atom stereocenters. The van der Waals surface area contributed by atoms with Crippen LogP contribution < -0.4 is 5.32 Å². The molecule has 0 saturated carbocycles. The van der Waals surface area contributed by atoms with E-state index in [1.54, 1.807) is 13.1 Å². The molecule has 28 heavy (non-hydrogen) atoms. The number of halogens is 1. The van der Waals surface area contributed by atoms with Crippen molar-refractivity contribution in [1.29, 1.82) is 0 Å². The highest BCUT2D eigenvalue weighted by Gasteiger charge is 2.21. The summed E-state index contributed by atoms with van der Waals surface area (Å²) in [7, 11) is 1.64. The number of nitrogens with one attached hydrogen (secondary N) is 1. The number of hydrogen-bond donors (Lipinski definition) is 1. The Labute approximate surface area is 176 Å². The number of nitrogens with zero attached hydrogens (tertiary/aromatic N) is 3. The number of rotatable bonds is 6. The van der Waals surface area contributed by atoms with Crippen molar-refractivity contribution in [1.82, 2.24) is 14.7 Å². The molecule has 2 heterocycles. The summed E-state index contributed by atoms with van der Waals surface area (Å²) < 4.78 is 2.77. The van der Waals surface area contributed by atoms with Gasteiger partial charge in [-0.05, 0) is 47.0 Å². The molecule has 0 fully saturated rings. The van der Waals surface area contributed by atoms with Crippen molar-refractivity contribution in [2.75, 3.05) is 18.9 Å². The number of fused-ring (bicyclic) bond motifs is 1. The molecule has 0 unspecified atom stereocenters. The zero-order chi connectivity index (χ0) is 20.4. The molecule has 3 aromatic rings. The molecule has 1 N–H and O–H groups in total. The van der Waals surface area contributed by atoms with Gasteiger partial charge in [-0.3, -0.25) is 14.3 Å². The van der Waals surface area contributed by atoms with E-state index in [9.17, 15) is 9.59 Å². The lowest BCUT2D eigenvalue weighted by molar-refractivity contribution is -0.116. The quantitative estimate of drug-likeness (QED) is 0.584. The molecule has 2 amide bonds. The average molecular weight is 463 g/mol. The third kappa shape index (κ3) is 4.44. The topological polar surface area (TPSA) is 67.2 Å². The fourth-order valence-corrected chi connectivity index (χ4v) is 4.46. The number of benzene rings is 1. The zero-order valence-corrected chi connectivity index (χ0v) is 18.7. The van der Waals surface area contributed by atoms with Crippen LogP contribution in [0.15, 0.2) is 34.8 Å². The van der Waals surface area contributed by atoms with Crippen LogP contribution >= 0.6 is 27.3 Å². The highest BCUT2D eigenvalue weighted by Crippen LogP contribution is 2.29. The van der Waals surface area contributed by atoms with Crippen molar-refractivity contribution in [2.45, 2.75) is 27.3 Å². The van der Waals surface area contributed by atoms with E-state index in [1.807, 2.05) is 35.9 Å². The predicted octanol–water partition coefficient (Wildman–Crippen LogP) is 4.54. The lowest BCUT2D eigenvalue weighted by Crippen LogP contribution is -2.34. The van der Waals surface area contributed by atoms with Crippen LogP contribution in [0.2, 0.25) is 0 Å². The molecule has 0 radical (unpaired) electrons. The molecule has 2 aromatic heterocycles. The Morgan fingerprint density at radius 1 is 1.32 bits per heavy atom. The molecule has 0 spiro atoms. The van der Waals surface area contributed by atoms with Crippen LogP contribution in [-0.4, -0.2) is 40.1 Å². The van der Waals surface area contributed by atoms with Crippen LogP contribution in [-0.2, 0) is 11.3 Å². The minimum atomic E-state index is -0.244. The van der Waals surface area contributed by atoms with Gasteiger partial charge in [0.25, 0.3) is 5.91 Å². The van der Waals surface area contributed by atoms with Crippen LogP contribution in [0.25, 0.3) is 10.2 Å². The van der Waals surface area contributed by atoms with E-state index in [1.165, 1.54) is 16.2 Å². The second-order valence-electron chi connectivity index (χ2n) is 7.18. The summed E-state index contributed by atoms with van der Waals surface area (Å²) in [5.74, 6) is 0.0532. The number of amides is 2. The van der Waals surface area contributed by atoms with Crippen LogP contribution in [0.4, 0.5) is 5.69 Å². The van der Waals surface area contributed by atoms with Gasteiger partial charge in [-0.1, -0.05) is 26.0 Å². The minimum absolute atomic E-state index is 0.0223. The molecule has 0 aliphatic heterocycles. The summed E-state index contributed by atoms with van der Waals surface area (Å²) in [5, 5.41) is 8.39. The van der Waals surface area contributed by atoms with Gasteiger partial charge in [0.2, 0.25) is 5.91 Å². The summed E-state index contributed by atoms with van der Waals surface area (Å²) in [6.45, 7) is 7.02. The molecule has 8 heteroatoms. The van der Waals surface area contributed by atoms with Crippen molar-refractivity contribution in [3.63, 3.8) is 0 Å². The fraction of sp³-hybridized carbons (Fsp3) is 0.350. The lowest BCUT2D eigenvalue weighted by atomic mass is 10.2.